The number of ether oxygens (including phenoxy) is 1. The summed E-state index contributed by atoms with van der Waals surface area (Å²) in [5.74, 6) is 0. The molecule has 3 atom stereocenters. The first-order valence-corrected chi connectivity index (χ1v) is 10.5. The van der Waals surface area contributed by atoms with Gasteiger partial charge in [0.2, 0.25) is 0 Å². The second-order valence-electron chi connectivity index (χ2n) is 6.14. The average molecular weight is 417 g/mol. The van der Waals surface area contributed by atoms with Crippen molar-refractivity contribution in [2.24, 2.45) is 5.11 Å². The number of hydrogen-bond acceptors (Lipinski definition) is 8. The molecule has 1 aromatic heterocycles. The predicted molar refractivity (Wildman–Crippen MR) is 99.1 cm³/mol. The molecular weight excluding hydrogens is 393 g/mol. The third kappa shape index (κ3) is 4.72. The molecule has 156 valence electrons. The summed E-state index contributed by atoms with van der Waals surface area (Å²) in [5.41, 5.74) is 7.48. The molecule has 1 aliphatic heterocycles. The summed E-state index contributed by atoms with van der Waals surface area (Å²) in [4.78, 5) is 28.1. The van der Waals surface area contributed by atoms with Crippen LogP contribution in [0.25, 0.3) is 10.4 Å². The SMILES string of the molecule is CCOP(=O)(Cn1c(=O)c(C)cn([C@H]2C[C@H](N=[N+]=[N-])[C@@H](CO)O2)c1=O)OCC. The molecule has 28 heavy (non-hydrogen) atoms. The highest BCUT2D eigenvalue weighted by Crippen LogP contribution is 2.49. The van der Waals surface area contributed by atoms with Crippen molar-refractivity contribution in [2.75, 3.05) is 19.8 Å². The fraction of sp³-hybridized carbons (Fsp3) is 0.733. The highest BCUT2D eigenvalue weighted by Gasteiger charge is 2.36. The predicted octanol–water partition coefficient (Wildman–Crippen LogP) is 1.50. The maximum absolute atomic E-state index is 12.9. The summed E-state index contributed by atoms with van der Waals surface area (Å²) < 4.78 is 30.7. The minimum Gasteiger partial charge on any atom is -0.394 e. The average Bonchev–Trinajstić information content (AvgIpc) is 3.05. The van der Waals surface area contributed by atoms with E-state index >= 15 is 0 Å². The van der Waals surface area contributed by atoms with Gasteiger partial charge in [-0.05, 0) is 26.3 Å². The Labute approximate surface area is 160 Å². The number of hydrogen-bond donors (Lipinski definition) is 1. The Bertz CT molecular complexity index is 897. The fourth-order valence-electron chi connectivity index (χ4n) is 3.01. The van der Waals surface area contributed by atoms with Crippen LogP contribution in [0.5, 0.6) is 0 Å². The molecule has 13 heteroatoms. The van der Waals surface area contributed by atoms with Gasteiger partial charge in [-0.15, -0.1) is 0 Å². The molecule has 1 aliphatic rings. The number of aromatic nitrogens is 2. The Morgan fingerprint density at radius 2 is 2.04 bits per heavy atom. The Hall–Kier alpha value is -1.94. The van der Waals surface area contributed by atoms with Gasteiger partial charge in [0.05, 0.1) is 32.0 Å². The van der Waals surface area contributed by atoms with Crippen LogP contribution in [0.2, 0.25) is 0 Å². The summed E-state index contributed by atoms with van der Waals surface area (Å²) in [6.07, 6.45) is -0.702. The van der Waals surface area contributed by atoms with Crippen LogP contribution in [-0.4, -0.2) is 46.2 Å². The van der Waals surface area contributed by atoms with Crippen molar-refractivity contribution >= 4 is 7.60 Å². The monoisotopic (exact) mass is 417 g/mol. The highest BCUT2D eigenvalue weighted by atomic mass is 31.2. The minimum absolute atomic E-state index is 0.0871. The van der Waals surface area contributed by atoms with Gasteiger partial charge < -0.3 is 18.9 Å². The molecule has 1 saturated heterocycles. The lowest BCUT2D eigenvalue weighted by Gasteiger charge is -2.20. The Morgan fingerprint density at radius 1 is 1.39 bits per heavy atom. The first-order chi connectivity index (χ1) is 13.3. The van der Waals surface area contributed by atoms with Gasteiger partial charge in [0, 0.05) is 23.1 Å². The molecule has 1 fully saturated rings. The number of aryl methyl sites for hydroxylation is 1. The van der Waals surface area contributed by atoms with E-state index in [4.69, 9.17) is 19.3 Å². The molecule has 0 saturated carbocycles. The van der Waals surface area contributed by atoms with E-state index in [-0.39, 0.29) is 25.2 Å². The van der Waals surface area contributed by atoms with Crippen LogP contribution in [0.15, 0.2) is 20.9 Å². The highest BCUT2D eigenvalue weighted by molar-refractivity contribution is 7.52. The summed E-state index contributed by atoms with van der Waals surface area (Å²) in [6.45, 7) is 4.54. The number of rotatable bonds is 9. The van der Waals surface area contributed by atoms with E-state index in [0.29, 0.717) is 0 Å². The smallest absolute Gasteiger partial charge is 0.350 e. The Kier molecular flexibility index (Phi) is 7.59. The fourth-order valence-corrected chi connectivity index (χ4v) is 4.63. The number of nitrogens with zero attached hydrogens (tertiary/aromatic N) is 5. The third-order valence-corrected chi connectivity index (χ3v) is 6.16. The summed E-state index contributed by atoms with van der Waals surface area (Å²) in [6, 6.07) is -0.662. The van der Waals surface area contributed by atoms with Crippen LogP contribution >= 0.6 is 7.60 Å². The first kappa shape index (κ1) is 22.4. The molecule has 12 nitrogen and oxygen atoms in total. The van der Waals surface area contributed by atoms with Crippen molar-refractivity contribution in [1.29, 1.82) is 0 Å². The van der Waals surface area contributed by atoms with Gasteiger partial charge in [0.25, 0.3) is 5.56 Å². The summed E-state index contributed by atoms with van der Waals surface area (Å²) in [7, 11) is -3.70. The molecule has 0 aromatic carbocycles. The molecule has 1 N–H and O–H groups in total. The van der Waals surface area contributed by atoms with Crippen molar-refractivity contribution in [3.05, 3.63) is 43.0 Å². The minimum atomic E-state index is -3.70. The summed E-state index contributed by atoms with van der Waals surface area (Å²) in [5, 5.41) is 13.0. The lowest BCUT2D eigenvalue weighted by Crippen LogP contribution is -2.42. The molecule has 0 spiro atoms. The molecule has 1 aromatic rings. The second kappa shape index (κ2) is 9.51. The van der Waals surface area contributed by atoms with Gasteiger partial charge in [0.1, 0.15) is 12.5 Å². The molecule has 2 heterocycles. The van der Waals surface area contributed by atoms with Crippen LogP contribution in [0, 0.1) is 6.92 Å². The molecule has 0 unspecified atom stereocenters. The second-order valence-corrected chi connectivity index (χ2v) is 8.16. The van der Waals surface area contributed by atoms with Gasteiger partial charge in [-0.25, -0.2) is 9.36 Å². The van der Waals surface area contributed by atoms with E-state index in [1.807, 2.05) is 0 Å². The van der Waals surface area contributed by atoms with Crippen molar-refractivity contribution in [3.63, 3.8) is 0 Å². The zero-order chi connectivity index (χ0) is 20.9. The molecule has 0 bridgehead atoms. The van der Waals surface area contributed by atoms with E-state index < -0.39 is 50.1 Å². The third-order valence-electron chi connectivity index (χ3n) is 4.23. The van der Waals surface area contributed by atoms with E-state index in [9.17, 15) is 19.3 Å². The number of azide groups is 1. The van der Waals surface area contributed by atoms with E-state index in [1.165, 1.54) is 13.1 Å². The van der Waals surface area contributed by atoms with Crippen LogP contribution < -0.4 is 11.2 Å². The maximum atomic E-state index is 12.9. The van der Waals surface area contributed by atoms with Gasteiger partial charge >= 0.3 is 13.3 Å². The molecular formula is C15H24N5O7P. The van der Waals surface area contributed by atoms with E-state index in [0.717, 1.165) is 9.13 Å². The van der Waals surface area contributed by atoms with Crippen LogP contribution in [0.3, 0.4) is 0 Å². The summed E-state index contributed by atoms with van der Waals surface area (Å²) >= 11 is 0. The first-order valence-electron chi connectivity index (χ1n) is 8.81. The van der Waals surface area contributed by atoms with Gasteiger partial charge in [-0.1, -0.05) is 5.11 Å². The zero-order valence-electron chi connectivity index (χ0n) is 15.9. The maximum Gasteiger partial charge on any atom is 0.350 e. The molecule has 0 aliphatic carbocycles. The largest absolute Gasteiger partial charge is 0.394 e. The van der Waals surface area contributed by atoms with E-state index in [1.54, 1.807) is 13.8 Å². The lowest BCUT2D eigenvalue weighted by atomic mass is 10.1. The molecule has 0 radical (unpaired) electrons. The van der Waals surface area contributed by atoms with Crippen molar-refractivity contribution in [2.45, 2.75) is 51.9 Å². The van der Waals surface area contributed by atoms with Crippen LogP contribution in [0.4, 0.5) is 0 Å². The van der Waals surface area contributed by atoms with Gasteiger partial charge in [-0.2, -0.15) is 0 Å². The molecule has 0 amide bonds. The number of aliphatic hydroxyl groups is 1. The molecule has 2 rings (SSSR count). The van der Waals surface area contributed by atoms with Crippen LogP contribution in [-0.2, 0) is 24.6 Å². The topological polar surface area (TPSA) is 158 Å². The van der Waals surface area contributed by atoms with Crippen molar-refractivity contribution < 1.29 is 23.5 Å². The van der Waals surface area contributed by atoms with Gasteiger partial charge in [-0.3, -0.25) is 13.9 Å². The van der Waals surface area contributed by atoms with Crippen LogP contribution in [0.1, 0.15) is 32.1 Å². The van der Waals surface area contributed by atoms with Crippen molar-refractivity contribution in [3.8, 4) is 0 Å². The van der Waals surface area contributed by atoms with Crippen molar-refractivity contribution in [1.82, 2.24) is 9.13 Å². The lowest BCUT2D eigenvalue weighted by molar-refractivity contribution is -0.0277. The Morgan fingerprint density at radius 3 is 2.57 bits per heavy atom. The standard InChI is InChI=1S/C15H24N5O7P/c1-4-25-28(24,26-5-2)9-20-14(22)10(3)7-19(15(20)23)13-6-11(17-18-16)12(8-21)27-13/h7,11-13,21H,4-6,8-9H2,1-3H3/t11-,12+,13+/m0/s1. The normalized spacial score (nSPS) is 22.2. The van der Waals surface area contributed by atoms with E-state index in [2.05, 4.69) is 10.0 Å². The quantitative estimate of drug-likeness (QED) is 0.276. The Balaban J connectivity index is 2.47. The van der Waals surface area contributed by atoms with Gasteiger partial charge in [0.15, 0.2) is 0 Å². The zero-order valence-corrected chi connectivity index (χ0v) is 16.8. The number of aliphatic hydroxyl groups excluding tert-OH is 1.